The molecule has 13 heavy (non-hydrogen) atoms. The van der Waals surface area contributed by atoms with Crippen molar-refractivity contribution in [2.45, 2.75) is 6.61 Å². The summed E-state index contributed by atoms with van der Waals surface area (Å²) < 4.78 is 14.6. The average molecular weight is 261 g/mol. The molecule has 0 aliphatic rings. The normalized spacial score (nSPS) is 11.0. The van der Waals surface area contributed by atoms with Gasteiger partial charge in [-0.2, -0.15) is 4.39 Å². The van der Waals surface area contributed by atoms with Gasteiger partial charge in [-0.05, 0) is 23.8 Å². The topological polar surface area (TPSA) is 20.2 Å². The van der Waals surface area contributed by atoms with Crippen molar-refractivity contribution in [3.63, 3.8) is 0 Å². The highest BCUT2D eigenvalue weighted by molar-refractivity contribution is 9.10. The molecule has 1 nitrogen and oxygen atoms in total. The number of aliphatic hydroxyl groups is 1. The number of hydrogen-bond acceptors (Lipinski definition) is 2. The lowest BCUT2D eigenvalue weighted by atomic mass is 10.2. The van der Waals surface area contributed by atoms with E-state index < -0.39 is 0 Å². The Kier molecular flexibility index (Phi) is 2.36. The number of hydrogen-bond donors (Lipinski definition) is 1. The average Bonchev–Trinajstić information content (AvgIpc) is 2.46. The molecule has 0 spiro atoms. The molecule has 1 N–H and O–H groups in total. The van der Waals surface area contributed by atoms with E-state index in [9.17, 15) is 4.39 Å². The molecule has 2 rings (SSSR count). The standard InChI is InChI=1S/C9H6BrFOS/c10-7-1-5(4-12)2-8-6(7)3-9(11)13-8/h1-3,12H,4H2. The molecule has 2 aromatic rings. The monoisotopic (exact) mass is 260 g/mol. The predicted molar refractivity (Wildman–Crippen MR) is 55.4 cm³/mol. The number of halogens is 2. The summed E-state index contributed by atoms with van der Waals surface area (Å²) >= 11 is 4.42. The molecular formula is C9H6BrFOS. The second-order valence-corrected chi connectivity index (χ2v) is 4.59. The van der Waals surface area contributed by atoms with Gasteiger partial charge in [-0.1, -0.05) is 15.9 Å². The molecule has 0 aliphatic heterocycles. The summed E-state index contributed by atoms with van der Waals surface area (Å²) in [5.74, 6) is 0. The summed E-state index contributed by atoms with van der Waals surface area (Å²) in [6.07, 6.45) is 0. The highest BCUT2D eigenvalue weighted by Gasteiger charge is 2.06. The highest BCUT2D eigenvalue weighted by atomic mass is 79.9. The lowest BCUT2D eigenvalue weighted by Gasteiger charge is -1.98. The molecule has 1 aromatic heterocycles. The van der Waals surface area contributed by atoms with Crippen molar-refractivity contribution >= 4 is 37.4 Å². The molecule has 1 aromatic carbocycles. The maximum absolute atomic E-state index is 12.9. The molecule has 0 radical (unpaired) electrons. The molecule has 0 unspecified atom stereocenters. The van der Waals surface area contributed by atoms with Crippen LogP contribution in [0.5, 0.6) is 0 Å². The van der Waals surface area contributed by atoms with Crippen LogP contribution in [0.15, 0.2) is 22.7 Å². The Morgan fingerprint density at radius 2 is 2.15 bits per heavy atom. The third-order valence-electron chi connectivity index (χ3n) is 1.80. The SMILES string of the molecule is OCc1cc(Br)c2cc(F)sc2c1. The van der Waals surface area contributed by atoms with Gasteiger partial charge in [-0.3, -0.25) is 0 Å². The summed E-state index contributed by atoms with van der Waals surface area (Å²) in [5, 5.41) is 9.58. The van der Waals surface area contributed by atoms with E-state index in [-0.39, 0.29) is 11.7 Å². The van der Waals surface area contributed by atoms with E-state index in [2.05, 4.69) is 15.9 Å². The van der Waals surface area contributed by atoms with E-state index >= 15 is 0 Å². The first-order valence-corrected chi connectivity index (χ1v) is 5.30. The van der Waals surface area contributed by atoms with Crippen LogP contribution in [0.3, 0.4) is 0 Å². The van der Waals surface area contributed by atoms with Crippen LogP contribution in [0.1, 0.15) is 5.56 Å². The fourth-order valence-electron chi connectivity index (χ4n) is 1.21. The van der Waals surface area contributed by atoms with Gasteiger partial charge in [0.05, 0.1) is 6.61 Å². The molecule has 0 fully saturated rings. The molecule has 0 saturated heterocycles. The third-order valence-corrected chi connectivity index (χ3v) is 3.33. The minimum absolute atomic E-state index is 0.0198. The number of rotatable bonds is 1. The van der Waals surface area contributed by atoms with E-state index in [1.165, 1.54) is 6.07 Å². The first-order valence-electron chi connectivity index (χ1n) is 3.69. The molecule has 1 heterocycles. The van der Waals surface area contributed by atoms with Crippen LogP contribution in [0.25, 0.3) is 10.1 Å². The van der Waals surface area contributed by atoms with Crippen molar-refractivity contribution < 1.29 is 9.50 Å². The number of thiophene rings is 1. The maximum Gasteiger partial charge on any atom is 0.177 e. The fourth-order valence-corrected chi connectivity index (χ4v) is 2.84. The van der Waals surface area contributed by atoms with Gasteiger partial charge in [-0.15, -0.1) is 11.3 Å². The van der Waals surface area contributed by atoms with Crippen LogP contribution in [0, 0.1) is 5.13 Å². The quantitative estimate of drug-likeness (QED) is 0.835. The van der Waals surface area contributed by atoms with Crippen molar-refractivity contribution in [1.82, 2.24) is 0 Å². The van der Waals surface area contributed by atoms with Crippen LogP contribution < -0.4 is 0 Å². The van der Waals surface area contributed by atoms with Gasteiger partial charge in [0.1, 0.15) is 0 Å². The second kappa shape index (κ2) is 3.36. The van der Waals surface area contributed by atoms with Crippen molar-refractivity contribution in [2.75, 3.05) is 0 Å². The zero-order chi connectivity index (χ0) is 9.42. The van der Waals surface area contributed by atoms with Crippen molar-refractivity contribution in [1.29, 1.82) is 0 Å². The van der Waals surface area contributed by atoms with Gasteiger partial charge in [-0.25, -0.2) is 0 Å². The predicted octanol–water partition coefficient (Wildman–Crippen LogP) is 3.30. The van der Waals surface area contributed by atoms with E-state index in [0.29, 0.717) is 0 Å². The molecular weight excluding hydrogens is 255 g/mol. The fraction of sp³-hybridized carbons (Fsp3) is 0.111. The summed E-state index contributed by atoms with van der Waals surface area (Å²) in [6, 6.07) is 5.09. The maximum atomic E-state index is 12.9. The van der Waals surface area contributed by atoms with E-state index in [1.807, 2.05) is 0 Å². The third kappa shape index (κ3) is 1.61. The molecule has 0 amide bonds. The van der Waals surface area contributed by atoms with Crippen LogP contribution >= 0.6 is 27.3 Å². The molecule has 4 heteroatoms. The van der Waals surface area contributed by atoms with Gasteiger partial charge >= 0.3 is 0 Å². The van der Waals surface area contributed by atoms with Gasteiger partial charge in [0.15, 0.2) is 5.13 Å². The molecule has 0 aliphatic carbocycles. The first kappa shape index (κ1) is 9.12. The Morgan fingerprint density at radius 1 is 1.38 bits per heavy atom. The molecule has 68 valence electrons. The van der Waals surface area contributed by atoms with Crippen LogP contribution in [-0.4, -0.2) is 5.11 Å². The summed E-state index contributed by atoms with van der Waals surface area (Å²) in [7, 11) is 0. The Morgan fingerprint density at radius 3 is 2.85 bits per heavy atom. The van der Waals surface area contributed by atoms with Crippen LogP contribution in [0.4, 0.5) is 4.39 Å². The molecule has 0 saturated carbocycles. The van der Waals surface area contributed by atoms with Crippen LogP contribution in [0.2, 0.25) is 0 Å². The molecule has 0 atom stereocenters. The smallest absolute Gasteiger partial charge is 0.177 e. The number of aliphatic hydroxyl groups excluding tert-OH is 1. The lowest BCUT2D eigenvalue weighted by molar-refractivity contribution is 0.282. The lowest BCUT2D eigenvalue weighted by Crippen LogP contribution is -1.81. The van der Waals surface area contributed by atoms with E-state index in [0.717, 1.165) is 31.5 Å². The minimum atomic E-state index is -0.203. The van der Waals surface area contributed by atoms with E-state index in [4.69, 9.17) is 5.11 Å². The summed E-state index contributed by atoms with van der Waals surface area (Å²) in [4.78, 5) is 0. The number of fused-ring (bicyclic) bond motifs is 1. The molecule has 0 bridgehead atoms. The minimum Gasteiger partial charge on any atom is -0.392 e. The first-order chi connectivity index (χ1) is 6.20. The second-order valence-electron chi connectivity index (χ2n) is 2.70. The zero-order valence-corrected chi connectivity index (χ0v) is 8.95. The van der Waals surface area contributed by atoms with Gasteiger partial charge in [0.25, 0.3) is 0 Å². The zero-order valence-electron chi connectivity index (χ0n) is 6.55. The van der Waals surface area contributed by atoms with Crippen molar-refractivity contribution in [2.24, 2.45) is 0 Å². The van der Waals surface area contributed by atoms with Gasteiger partial charge < -0.3 is 5.11 Å². The van der Waals surface area contributed by atoms with Crippen molar-refractivity contribution in [3.05, 3.63) is 33.4 Å². The Bertz CT molecular complexity index is 452. The largest absolute Gasteiger partial charge is 0.392 e. The van der Waals surface area contributed by atoms with Gasteiger partial charge in [0, 0.05) is 14.6 Å². The van der Waals surface area contributed by atoms with Crippen LogP contribution in [-0.2, 0) is 6.61 Å². The Hall–Kier alpha value is -0.450. The highest BCUT2D eigenvalue weighted by Crippen LogP contribution is 2.31. The Balaban J connectivity index is 2.75. The van der Waals surface area contributed by atoms with Gasteiger partial charge in [0.2, 0.25) is 0 Å². The number of benzene rings is 1. The summed E-state index contributed by atoms with van der Waals surface area (Å²) in [6.45, 7) is -0.0198. The summed E-state index contributed by atoms with van der Waals surface area (Å²) in [5.41, 5.74) is 0.793. The van der Waals surface area contributed by atoms with Crippen molar-refractivity contribution in [3.8, 4) is 0 Å². The van der Waals surface area contributed by atoms with E-state index in [1.54, 1.807) is 12.1 Å². The Labute approximate surface area is 86.9 Å².